The Morgan fingerprint density at radius 1 is 1.29 bits per heavy atom. The fourth-order valence-electron chi connectivity index (χ4n) is 1.96. The van der Waals surface area contributed by atoms with Gasteiger partial charge >= 0.3 is 0 Å². The van der Waals surface area contributed by atoms with Crippen LogP contribution in [0.4, 0.5) is 11.5 Å². The number of nitrogen functional groups attached to an aromatic ring is 1. The van der Waals surface area contributed by atoms with E-state index in [-0.39, 0.29) is 5.69 Å². The summed E-state index contributed by atoms with van der Waals surface area (Å²) in [6.45, 7) is 0.364. The van der Waals surface area contributed by atoms with E-state index in [1.807, 2.05) is 0 Å². The van der Waals surface area contributed by atoms with Crippen LogP contribution in [0.1, 0.15) is 5.69 Å². The zero-order valence-corrected chi connectivity index (χ0v) is 10.8. The van der Waals surface area contributed by atoms with Crippen LogP contribution in [0.2, 0.25) is 0 Å². The normalized spacial score (nSPS) is 10.7. The van der Waals surface area contributed by atoms with Crippen molar-refractivity contribution >= 4 is 22.4 Å². The third-order valence-corrected chi connectivity index (χ3v) is 3.00. The predicted molar refractivity (Wildman–Crippen MR) is 75.3 cm³/mol. The van der Waals surface area contributed by atoms with Crippen LogP contribution in [0.3, 0.4) is 0 Å². The number of nitrogens with one attached hydrogen (secondary N) is 1. The van der Waals surface area contributed by atoms with Crippen LogP contribution >= 0.6 is 0 Å². The Morgan fingerprint density at radius 2 is 2.14 bits per heavy atom. The number of hydrogen-bond acceptors (Lipinski definition) is 7. The monoisotopic (exact) mass is 285 g/mol. The molecule has 3 N–H and O–H groups in total. The molecule has 21 heavy (non-hydrogen) atoms. The Balaban J connectivity index is 1.95. The van der Waals surface area contributed by atoms with Gasteiger partial charge in [-0.15, -0.1) is 0 Å². The van der Waals surface area contributed by atoms with Crippen LogP contribution in [0.15, 0.2) is 36.8 Å². The zero-order chi connectivity index (χ0) is 14.8. The highest BCUT2D eigenvalue weighted by atomic mass is 16.6. The van der Waals surface area contributed by atoms with Crippen LogP contribution in [0.25, 0.3) is 10.9 Å². The Kier molecular flexibility index (Phi) is 3.16. The molecule has 0 aliphatic heterocycles. The smallest absolute Gasteiger partial charge is 0.271 e. The molecule has 3 aromatic rings. The molecule has 0 saturated carbocycles. The highest BCUT2D eigenvalue weighted by molar-refractivity contribution is 5.81. The molecule has 0 radical (unpaired) electrons. The van der Waals surface area contributed by atoms with Gasteiger partial charge in [-0.3, -0.25) is 19.8 Å². The number of rotatable bonds is 4. The second-order valence-electron chi connectivity index (χ2n) is 4.34. The summed E-state index contributed by atoms with van der Waals surface area (Å²) in [5.74, 6) is 5.68. The Bertz CT molecular complexity index is 797. The molecule has 0 saturated heterocycles. The highest BCUT2D eigenvalue weighted by Crippen LogP contribution is 2.21. The fourth-order valence-corrected chi connectivity index (χ4v) is 1.96. The van der Waals surface area contributed by atoms with Gasteiger partial charge in [-0.1, -0.05) is 0 Å². The van der Waals surface area contributed by atoms with Gasteiger partial charge in [0.25, 0.3) is 5.69 Å². The van der Waals surface area contributed by atoms with Crippen LogP contribution in [0.5, 0.6) is 0 Å². The van der Waals surface area contributed by atoms with Crippen molar-refractivity contribution in [3.05, 3.63) is 52.6 Å². The number of hydrazine groups is 1. The van der Waals surface area contributed by atoms with E-state index in [1.165, 1.54) is 18.3 Å². The van der Waals surface area contributed by atoms with Crippen LogP contribution < -0.4 is 11.3 Å². The number of fused-ring (bicyclic) bond motifs is 1. The summed E-state index contributed by atoms with van der Waals surface area (Å²) < 4.78 is 1.64. The van der Waals surface area contributed by atoms with Gasteiger partial charge in [0.2, 0.25) is 0 Å². The third-order valence-electron chi connectivity index (χ3n) is 3.00. The molecule has 3 rings (SSSR count). The number of non-ortho nitro benzene ring substituents is 1. The minimum absolute atomic E-state index is 0.0259. The molecule has 0 aliphatic rings. The van der Waals surface area contributed by atoms with Crippen molar-refractivity contribution in [2.75, 3.05) is 5.43 Å². The number of hydrogen-bond donors (Lipinski definition) is 2. The second-order valence-corrected chi connectivity index (χ2v) is 4.34. The first-order chi connectivity index (χ1) is 10.2. The molecule has 0 aliphatic carbocycles. The maximum absolute atomic E-state index is 10.8. The molecule has 9 nitrogen and oxygen atoms in total. The average molecular weight is 285 g/mol. The van der Waals surface area contributed by atoms with Gasteiger partial charge in [-0.2, -0.15) is 5.10 Å². The molecule has 2 heterocycles. The molecule has 0 unspecified atom stereocenters. The second kappa shape index (κ2) is 5.13. The van der Waals surface area contributed by atoms with Crippen molar-refractivity contribution in [3.63, 3.8) is 0 Å². The van der Waals surface area contributed by atoms with E-state index >= 15 is 0 Å². The van der Waals surface area contributed by atoms with E-state index < -0.39 is 4.92 Å². The first-order valence-electron chi connectivity index (χ1n) is 6.05. The number of nitro benzene ring substituents is 1. The molecule has 9 heteroatoms. The average Bonchev–Trinajstić information content (AvgIpc) is 2.90. The van der Waals surface area contributed by atoms with Crippen LogP contribution in [-0.4, -0.2) is 24.7 Å². The summed E-state index contributed by atoms with van der Waals surface area (Å²) in [5, 5.41) is 15.9. The SMILES string of the molecule is NNc1cnc(Cn2ncc3ccc([N+](=O)[O-])cc32)cn1. The maximum Gasteiger partial charge on any atom is 0.271 e. The van der Waals surface area contributed by atoms with Crippen molar-refractivity contribution in [3.8, 4) is 0 Å². The third kappa shape index (κ3) is 2.49. The van der Waals surface area contributed by atoms with Crippen molar-refractivity contribution in [2.45, 2.75) is 6.54 Å². The predicted octanol–water partition coefficient (Wildman–Crippen LogP) is 1.07. The van der Waals surface area contributed by atoms with E-state index in [9.17, 15) is 10.1 Å². The minimum Gasteiger partial charge on any atom is -0.307 e. The van der Waals surface area contributed by atoms with Crippen molar-refractivity contribution < 1.29 is 4.92 Å². The molecule has 1 aromatic carbocycles. The zero-order valence-electron chi connectivity index (χ0n) is 10.8. The molecule has 106 valence electrons. The summed E-state index contributed by atoms with van der Waals surface area (Å²) in [6.07, 6.45) is 4.73. The number of nitro groups is 1. The van der Waals surface area contributed by atoms with E-state index in [2.05, 4.69) is 20.5 Å². The fraction of sp³-hybridized carbons (Fsp3) is 0.0833. The summed E-state index contributed by atoms with van der Waals surface area (Å²) >= 11 is 0. The van der Waals surface area contributed by atoms with Gasteiger partial charge in [0.05, 0.1) is 41.3 Å². The summed E-state index contributed by atoms with van der Waals surface area (Å²) in [7, 11) is 0. The number of anilines is 1. The molecule has 0 bridgehead atoms. The Hall–Kier alpha value is -3.07. The standard InChI is InChI=1S/C12H11N7O2/c13-17-12-6-14-9(5-15-12)7-18-11-3-10(19(20)21)2-1-8(11)4-16-18/h1-6H,7,13H2,(H,15,17). The first kappa shape index (κ1) is 12.9. The van der Waals surface area contributed by atoms with Crippen molar-refractivity contribution in [1.29, 1.82) is 0 Å². The molecule has 0 spiro atoms. The number of benzene rings is 1. The quantitative estimate of drug-likeness (QED) is 0.417. The lowest BCUT2D eigenvalue weighted by Crippen LogP contribution is -2.10. The van der Waals surface area contributed by atoms with Crippen molar-refractivity contribution in [2.24, 2.45) is 5.84 Å². The van der Waals surface area contributed by atoms with Crippen LogP contribution in [0, 0.1) is 10.1 Å². The molecule has 0 amide bonds. The maximum atomic E-state index is 10.8. The lowest BCUT2D eigenvalue weighted by atomic mass is 10.2. The van der Waals surface area contributed by atoms with E-state index in [0.29, 0.717) is 23.6 Å². The van der Waals surface area contributed by atoms with Gasteiger partial charge < -0.3 is 5.43 Å². The summed E-state index contributed by atoms with van der Waals surface area (Å²) in [4.78, 5) is 18.7. The summed E-state index contributed by atoms with van der Waals surface area (Å²) in [6, 6.07) is 4.62. The van der Waals surface area contributed by atoms with Gasteiger partial charge in [0.1, 0.15) is 0 Å². The lowest BCUT2D eigenvalue weighted by molar-refractivity contribution is -0.384. The molecular formula is C12H11N7O2. The van der Waals surface area contributed by atoms with E-state index in [1.54, 1.807) is 23.1 Å². The molecule has 0 fully saturated rings. The van der Waals surface area contributed by atoms with E-state index in [0.717, 1.165) is 5.39 Å². The van der Waals surface area contributed by atoms with Gasteiger partial charge in [-0.25, -0.2) is 10.8 Å². The lowest BCUT2D eigenvalue weighted by Gasteiger charge is -2.04. The van der Waals surface area contributed by atoms with E-state index in [4.69, 9.17) is 5.84 Å². The molecular weight excluding hydrogens is 274 g/mol. The minimum atomic E-state index is -0.432. The Labute approximate surface area is 118 Å². The molecule has 0 atom stereocenters. The topological polar surface area (TPSA) is 125 Å². The van der Waals surface area contributed by atoms with Gasteiger partial charge in [0, 0.05) is 17.5 Å². The number of aromatic nitrogens is 4. The van der Waals surface area contributed by atoms with Gasteiger partial charge in [0.15, 0.2) is 5.82 Å². The van der Waals surface area contributed by atoms with Crippen molar-refractivity contribution in [1.82, 2.24) is 19.7 Å². The summed E-state index contributed by atoms with van der Waals surface area (Å²) in [5.41, 5.74) is 3.76. The van der Waals surface area contributed by atoms with Crippen LogP contribution in [-0.2, 0) is 6.54 Å². The van der Waals surface area contributed by atoms with Gasteiger partial charge in [-0.05, 0) is 6.07 Å². The molecule has 2 aromatic heterocycles. The number of nitrogens with two attached hydrogens (primary N) is 1. The Morgan fingerprint density at radius 3 is 2.81 bits per heavy atom. The first-order valence-corrected chi connectivity index (χ1v) is 6.05. The highest BCUT2D eigenvalue weighted by Gasteiger charge is 2.10. The number of nitrogens with zero attached hydrogens (tertiary/aromatic N) is 5. The largest absolute Gasteiger partial charge is 0.307 e.